The Labute approximate surface area is 261 Å². The van der Waals surface area contributed by atoms with E-state index in [-0.39, 0.29) is 0 Å². The third-order valence-corrected chi connectivity index (χ3v) is 10.6. The number of benzene rings is 2. The third-order valence-electron chi connectivity index (χ3n) is 8.74. The van der Waals surface area contributed by atoms with Crippen LogP contribution in [0.5, 0.6) is 11.5 Å². The summed E-state index contributed by atoms with van der Waals surface area (Å²) in [5, 5.41) is 8.57. The number of anilines is 5. The monoisotopic (exact) mass is 637 g/mol. The normalized spacial score (nSPS) is 20.5. The lowest BCUT2D eigenvalue weighted by Gasteiger charge is -2.47. The van der Waals surface area contributed by atoms with Crippen molar-refractivity contribution in [1.82, 2.24) is 19.9 Å². The number of hydrogen-bond acceptors (Lipinski definition) is 10. The Bertz CT molecular complexity index is 1740. The van der Waals surface area contributed by atoms with Gasteiger partial charge in [-0.15, -0.1) is 0 Å². The Morgan fingerprint density at radius 2 is 1.89 bits per heavy atom. The van der Waals surface area contributed by atoms with Crippen molar-refractivity contribution in [3.63, 3.8) is 0 Å². The van der Waals surface area contributed by atoms with Crippen LogP contribution in [0.3, 0.4) is 0 Å². The zero-order chi connectivity index (χ0) is 30.4. The molecule has 5 heterocycles. The molecular weight excluding hydrogens is 601 g/mol. The molecule has 0 bridgehead atoms. The van der Waals surface area contributed by atoms with E-state index in [2.05, 4.69) is 25.4 Å². The predicted octanol–water partition coefficient (Wildman–Crippen LogP) is 5.42. The first kappa shape index (κ1) is 29.2. The van der Waals surface area contributed by atoms with Crippen LogP contribution in [-0.4, -0.2) is 91.8 Å². The molecule has 7 rings (SSSR count). The van der Waals surface area contributed by atoms with E-state index in [0.717, 1.165) is 62.4 Å². The lowest BCUT2D eigenvalue weighted by atomic mass is 9.94. The fourth-order valence-corrected chi connectivity index (χ4v) is 7.95. The second-order valence-electron chi connectivity index (χ2n) is 11.9. The number of piperidine rings is 1. The third kappa shape index (κ3) is 5.58. The van der Waals surface area contributed by atoms with Crippen molar-refractivity contribution in [2.24, 2.45) is 0 Å². The number of halogens is 1. The molecule has 3 N–H and O–H groups in total. The van der Waals surface area contributed by atoms with Gasteiger partial charge in [0.25, 0.3) is 0 Å². The zero-order valence-corrected chi connectivity index (χ0v) is 26.8. The van der Waals surface area contributed by atoms with E-state index in [0.29, 0.717) is 63.6 Å². The highest BCUT2D eigenvalue weighted by atomic mass is 35.5. The number of ether oxygens (including phenoxy) is 3. The number of aromatic nitrogens is 3. The molecule has 0 saturated carbocycles. The molecule has 3 aliphatic rings. The van der Waals surface area contributed by atoms with Crippen molar-refractivity contribution >= 4 is 63.9 Å². The second kappa shape index (κ2) is 11.8. The van der Waals surface area contributed by atoms with Crippen LogP contribution in [0.15, 0.2) is 42.6 Å². The number of fused-ring (bicyclic) bond motifs is 4. The molecule has 0 amide bonds. The van der Waals surface area contributed by atoms with Crippen molar-refractivity contribution in [3.05, 3.63) is 47.6 Å². The van der Waals surface area contributed by atoms with Gasteiger partial charge in [-0.1, -0.05) is 23.7 Å². The van der Waals surface area contributed by atoms with Gasteiger partial charge < -0.3 is 39.3 Å². The molecule has 4 aromatic rings. The van der Waals surface area contributed by atoms with E-state index in [1.807, 2.05) is 36.4 Å². The van der Waals surface area contributed by atoms with Crippen molar-refractivity contribution in [2.75, 3.05) is 75.4 Å². The van der Waals surface area contributed by atoms with E-state index < -0.39 is 7.14 Å². The molecule has 0 aliphatic carbocycles. The van der Waals surface area contributed by atoms with Gasteiger partial charge in [-0.2, -0.15) is 9.97 Å². The molecular formula is C31H37ClN7O4P. The molecule has 2 aromatic carbocycles. The van der Waals surface area contributed by atoms with Crippen LogP contribution in [0.1, 0.15) is 12.8 Å². The van der Waals surface area contributed by atoms with Gasteiger partial charge in [-0.25, -0.2) is 0 Å². The number of para-hydroxylation sites is 1. The maximum atomic E-state index is 13.0. The van der Waals surface area contributed by atoms with Crippen LogP contribution in [0.2, 0.25) is 5.02 Å². The van der Waals surface area contributed by atoms with Gasteiger partial charge in [-0.05, 0) is 38.3 Å². The van der Waals surface area contributed by atoms with Gasteiger partial charge in [0.05, 0.1) is 53.8 Å². The Morgan fingerprint density at radius 3 is 2.68 bits per heavy atom. The standard InChI is InChI=1S/C31H37ClN7O4P/c1-41-25-16-24-26(43-18-20-14-19(8-9-39(20)24)38-10-12-42-13-11-38)15-23(25)35-31-36-29-28(21(32)17-33-29)30(37-31)34-22-6-4-5-7-27(22)44(2,3)40/h4-7,15-17,19-20H,8-14,18H2,1-3H3,(H3,33,34,35,36,37)/t19-,20+/m0/s1. The number of rotatable bonds is 7. The van der Waals surface area contributed by atoms with Crippen LogP contribution >= 0.6 is 18.7 Å². The number of morpholine rings is 1. The summed E-state index contributed by atoms with van der Waals surface area (Å²) in [4.78, 5) is 17.7. The molecule has 3 aliphatic heterocycles. The first-order chi connectivity index (χ1) is 21.3. The Hall–Kier alpha value is -3.50. The topological polar surface area (TPSA) is 117 Å². The van der Waals surface area contributed by atoms with Crippen LogP contribution in [0, 0.1) is 0 Å². The number of methoxy groups -OCH3 is 1. The molecule has 0 spiro atoms. The molecule has 44 heavy (non-hydrogen) atoms. The molecule has 2 atom stereocenters. The minimum absolute atomic E-state index is 0.314. The lowest BCUT2D eigenvalue weighted by Crippen LogP contribution is -2.55. The minimum atomic E-state index is -2.56. The van der Waals surface area contributed by atoms with Crippen molar-refractivity contribution in [2.45, 2.75) is 24.9 Å². The van der Waals surface area contributed by atoms with E-state index >= 15 is 0 Å². The fourth-order valence-electron chi connectivity index (χ4n) is 6.56. The first-order valence-electron chi connectivity index (χ1n) is 14.9. The smallest absolute Gasteiger partial charge is 0.231 e. The van der Waals surface area contributed by atoms with Gasteiger partial charge in [0, 0.05) is 49.3 Å². The Morgan fingerprint density at radius 1 is 1.07 bits per heavy atom. The van der Waals surface area contributed by atoms with Crippen LogP contribution in [-0.2, 0) is 9.30 Å². The lowest BCUT2D eigenvalue weighted by molar-refractivity contribution is 0.00628. The van der Waals surface area contributed by atoms with Crippen molar-refractivity contribution in [1.29, 1.82) is 0 Å². The number of aromatic amines is 1. The van der Waals surface area contributed by atoms with E-state index in [1.165, 1.54) is 0 Å². The number of nitrogens with zero attached hydrogens (tertiary/aromatic N) is 4. The molecule has 0 radical (unpaired) electrons. The molecule has 0 unspecified atom stereocenters. The van der Waals surface area contributed by atoms with E-state index in [4.69, 9.17) is 35.8 Å². The van der Waals surface area contributed by atoms with Gasteiger partial charge in [-0.3, -0.25) is 4.90 Å². The summed E-state index contributed by atoms with van der Waals surface area (Å²) in [6.45, 7) is 8.73. The average molecular weight is 638 g/mol. The number of H-pyrrole nitrogens is 1. The van der Waals surface area contributed by atoms with Gasteiger partial charge >= 0.3 is 0 Å². The number of nitrogens with one attached hydrogen (secondary N) is 3. The van der Waals surface area contributed by atoms with Gasteiger partial charge in [0.2, 0.25) is 5.95 Å². The summed E-state index contributed by atoms with van der Waals surface area (Å²) in [7, 11) is -0.907. The van der Waals surface area contributed by atoms with Crippen molar-refractivity contribution < 1.29 is 18.8 Å². The van der Waals surface area contributed by atoms with E-state index in [1.54, 1.807) is 26.6 Å². The zero-order valence-electron chi connectivity index (χ0n) is 25.1. The van der Waals surface area contributed by atoms with Crippen molar-refractivity contribution in [3.8, 4) is 11.5 Å². The largest absolute Gasteiger partial charge is 0.494 e. The highest BCUT2D eigenvalue weighted by Crippen LogP contribution is 2.45. The molecule has 13 heteroatoms. The minimum Gasteiger partial charge on any atom is -0.494 e. The summed E-state index contributed by atoms with van der Waals surface area (Å²) in [6.07, 6.45) is 3.85. The summed E-state index contributed by atoms with van der Waals surface area (Å²) >= 11 is 6.55. The summed E-state index contributed by atoms with van der Waals surface area (Å²) in [5.74, 6) is 2.29. The average Bonchev–Trinajstić information content (AvgIpc) is 3.41. The van der Waals surface area contributed by atoms with Crippen LogP contribution < -0.4 is 30.3 Å². The predicted molar refractivity (Wildman–Crippen MR) is 176 cm³/mol. The van der Waals surface area contributed by atoms with E-state index in [9.17, 15) is 4.57 Å². The molecule has 232 valence electrons. The fraction of sp³-hybridized carbons (Fsp3) is 0.419. The molecule has 2 saturated heterocycles. The Balaban J connectivity index is 1.17. The van der Waals surface area contributed by atoms with Gasteiger partial charge in [0.1, 0.15) is 36.7 Å². The Kier molecular flexibility index (Phi) is 7.82. The maximum absolute atomic E-state index is 13.0. The highest BCUT2D eigenvalue weighted by Gasteiger charge is 2.37. The molecule has 2 aromatic heterocycles. The number of hydrogen-bond donors (Lipinski definition) is 3. The quantitative estimate of drug-likeness (QED) is 0.227. The van der Waals surface area contributed by atoms with Gasteiger partial charge in [0.15, 0.2) is 0 Å². The summed E-state index contributed by atoms with van der Waals surface area (Å²) in [6, 6.07) is 12.4. The SMILES string of the molecule is COc1cc2c(cc1Nc1nc(Nc3ccccc3P(C)(C)=O)c3c(Cl)c[nH]c3n1)OC[C@H]1C[C@@H](N3CCOCC3)CCN21. The molecule has 2 fully saturated rings. The van der Waals surface area contributed by atoms with Crippen LogP contribution in [0.4, 0.5) is 28.8 Å². The summed E-state index contributed by atoms with van der Waals surface area (Å²) < 4.78 is 30.8. The van der Waals surface area contributed by atoms with Crippen LogP contribution in [0.25, 0.3) is 11.0 Å². The maximum Gasteiger partial charge on any atom is 0.231 e. The second-order valence-corrected chi connectivity index (χ2v) is 15.5. The first-order valence-corrected chi connectivity index (χ1v) is 17.9. The highest BCUT2D eigenvalue weighted by molar-refractivity contribution is 7.70. The summed E-state index contributed by atoms with van der Waals surface area (Å²) in [5.41, 5.74) is 2.99. The molecule has 11 nitrogen and oxygen atoms in total.